The SMILES string of the molecule is c1ccc(-c2ccc(-c3nc(-c4ccc5c(c4)C4(c6ccccc6-5)c5cc6ccccc6cc5-c5cc6ccccc6cc54)nc4c3oc3ccccc34)cc2)cc1. The molecule has 0 atom stereocenters. The topological polar surface area (TPSA) is 38.9 Å². The number of hydrogen-bond donors (Lipinski definition) is 0. The Kier molecular flexibility index (Phi) is 6.37. The number of benzene rings is 9. The monoisotopic (exact) mass is 736 g/mol. The quantitative estimate of drug-likeness (QED) is 0.181. The van der Waals surface area contributed by atoms with Crippen LogP contribution in [0.2, 0.25) is 0 Å². The Balaban J connectivity index is 1.08. The fraction of sp³-hybridized carbons (Fsp3) is 0.0182. The molecule has 0 fully saturated rings. The first-order valence-electron chi connectivity index (χ1n) is 19.9. The Morgan fingerprint density at radius 2 is 0.897 bits per heavy atom. The molecule has 3 heteroatoms. The zero-order valence-corrected chi connectivity index (χ0v) is 31.3. The first kappa shape index (κ1) is 31.6. The lowest BCUT2D eigenvalue weighted by Crippen LogP contribution is -2.26. The molecule has 11 aromatic rings. The van der Waals surface area contributed by atoms with E-state index < -0.39 is 5.41 Å². The maximum absolute atomic E-state index is 6.56. The average molecular weight is 737 g/mol. The molecule has 0 unspecified atom stereocenters. The summed E-state index contributed by atoms with van der Waals surface area (Å²) in [6.45, 7) is 0. The van der Waals surface area contributed by atoms with Gasteiger partial charge in [0.05, 0.1) is 5.41 Å². The van der Waals surface area contributed by atoms with Crippen molar-refractivity contribution in [1.29, 1.82) is 0 Å². The molecule has 2 aliphatic carbocycles. The number of furan rings is 1. The minimum absolute atomic E-state index is 0.538. The van der Waals surface area contributed by atoms with E-state index in [1.54, 1.807) is 0 Å². The second-order valence-corrected chi connectivity index (χ2v) is 15.7. The molecule has 0 N–H and O–H groups in total. The number of para-hydroxylation sites is 1. The van der Waals surface area contributed by atoms with Gasteiger partial charge in [-0.25, -0.2) is 9.97 Å². The van der Waals surface area contributed by atoms with Crippen LogP contribution in [-0.4, -0.2) is 9.97 Å². The molecule has 268 valence electrons. The van der Waals surface area contributed by atoms with E-state index >= 15 is 0 Å². The molecule has 1 spiro atoms. The zero-order chi connectivity index (χ0) is 38.0. The summed E-state index contributed by atoms with van der Waals surface area (Å²) in [6.07, 6.45) is 0. The molecule has 0 amide bonds. The molecule has 0 saturated heterocycles. The van der Waals surface area contributed by atoms with Crippen molar-refractivity contribution in [2.75, 3.05) is 0 Å². The molecular weight excluding hydrogens is 705 g/mol. The molecule has 0 bridgehead atoms. The van der Waals surface area contributed by atoms with Gasteiger partial charge in [-0.15, -0.1) is 0 Å². The van der Waals surface area contributed by atoms with Crippen LogP contribution < -0.4 is 0 Å². The molecule has 2 aromatic heterocycles. The van der Waals surface area contributed by atoms with Gasteiger partial charge in [0.25, 0.3) is 0 Å². The van der Waals surface area contributed by atoms with Crippen LogP contribution in [0.1, 0.15) is 22.3 Å². The second-order valence-electron chi connectivity index (χ2n) is 15.7. The molecular formula is C55H32N2O. The summed E-state index contributed by atoms with van der Waals surface area (Å²) < 4.78 is 6.56. The lowest BCUT2D eigenvalue weighted by atomic mass is 9.70. The number of hydrogen-bond acceptors (Lipinski definition) is 3. The first-order valence-corrected chi connectivity index (χ1v) is 19.9. The van der Waals surface area contributed by atoms with Crippen molar-refractivity contribution in [3.63, 3.8) is 0 Å². The van der Waals surface area contributed by atoms with Gasteiger partial charge in [-0.2, -0.15) is 0 Å². The molecule has 0 aliphatic heterocycles. The Bertz CT molecular complexity index is 3420. The van der Waals surface area contributed by atoms with Crippen LogP contribution in [0.25, 0.3) is 99.6 Å². The molecule has 2 heterocycles. The van der Waals surface area contributed by atoms with E-state index in [0.29, 0.717) is 11.4 Å². The van der Waals surface area contributed by atoms with Crippen LogP contribution in [0.3, 0.4) is 0 Å². The van der Waals surface area contributed by atoms with Crippen molar-refractivity contribution in [2.45, 2.75) is 5.41 Å². The van der Waals surface area contributed by atoms with Crippen molar-refractivity contribution < 1.29 is 4.42 Å². The van der Waals surface area contributed by atoms with Crippen LogP contribution in [0.15, 0.2) is 199 Å². The molecule has 13 rings (SSSR count). The summed E-state index contributed by atoms with van der Waals surface area (Å²) >= 11 is 0. The first-order chi connectivity index (χ1) is 28.7. The fourth-order valence-electron chi connectivity index (χ4n) is 10.1. The Morgan fingerprint density at radius 1 is 0.362 bits per heavy atom. The average Bonchev–Trinajstić information content (AvgIpc) is 3.91. The van der Waals surface area contributed by atoms with Gasteiger partial charge in [-0.1, -0.05) is 152 Å². The van der Waals surface area contributed by atoms with E-state index in [1.807, 2.05) is 24.3 Å². The predicted molar refractivity (Wildman–Crippen MR) is 237 cm³/mol. The third-order valence-electron chi connectivity index (χ3n) is 12.7. The Morgan fingerprint density at radius 3 is 1.62 bits per heavy atom. The standard InChI is InChI=1S/C55H32N2O/c1-2-12-33(13-3-1)34-22-24-35(25-23-34)51-53-52(43-19-9-11-21-50(43)58-53)57-54(56-51)40-26-27-42-41-18-8-10-20-46(41)55(47(42)32-40)48-30-38-16-6-4-14-36(38)28-44(48)45-29-37-15-5-7-17-39(37)31-49(45)55/h1-32H. The fourth-order valence-corrected chi connectivity index (χ4v) is 10.1. The van der Waals surface area contributed by atoms with E-state index in [-0.39, 0.29) is 0 Å². The molecule has 2 aliphatic rings. The number of fused-ring (bicyclic) bond motifs is 15. The van der Waals surface area contributed by atoms with E-state index in [0.717, 1.165) is 38.9 Å². The number of nitrogens with zero attached hydrogens (tertiary/aromatic N) is 2. The second kappa shape index (κ2) is 11.7. The van der Waals surface area contributed by atoms with Gasteiger partial charge in [0.15, 0.2) is 11.4 Å². The van der Waals surface area contributed by atoms with Gasteiger partial charge in [-0.3, -0.25) is 0 Å². The van der Waals surface area contributed by atoms with Crippen LogP contribution in [0.4, 0.5) is 0 Å². The lowest BCUT2D eigenvalue weighted by molar-refractivity contribution is 0.667. The molecule has 0 saturated carbocycles. The van der Waals surface area contributed by atoms with Gasteiger partial charge < -0.3 is 4.42 Å². The van der Waals surface area contributed by atoms with E-state index in [4.69, 9.17) is 14.4 Å². The van der Waals surface area contributed by atoms with Crippen molar-refractivity contribution in [3.8, 4) is 56.0 Å². The van der Waals surface area contributed by atoms with Gasteiger partial charge in [0.1, 0.15) is 16.8 Å². The highest BCUT2D eigenvalue weighted by atomic mass is 16.3. The summed E-state index contributed by atoms with van der Waals surface area (Å²) in [5.74, 6) is 0.672. The van der Waals surface area contributed by atoms with Gasteiger partial charge in [0.2, 0.25) is 0 Å². The lowest BCUT2D eigenvalue weighted by Gasteiger charge is -2.31. The minimum Gasteiger partial charge on any atom is -0.452 e. The maximum atomic E-state index is 6.56. The van der Waals surface area contributed by atoms with Gasteiger partial charge in [-0.05, 0) is 120 Å². The largest absolute Gasteiger partial charge is 0.452 e. The van der Waals surface area contributed by atoms with Crippen LogP contribution in [0.5, 0.6) is 0 Å². The number of aromatic nitrogens is 2. The van der Waals surface area contributed by atoms with Crippen LogP contribution >= 0.6 is 0 Å². The Hall–Kier alpha value is -7.62. The van der Waals surface area contributed by atoms with E-state index in [1.165, 1.54) is 71.6 Å². The van der Waals surface area contributed by atoms with Crippen LogP contribution in [0, 0.1) is 0 Å². The van der Waals surface area contributed by atoms with Crippen molar-refractivity contribution in [3.05, 3.63) is 216 Å². The van der Waals surface area contributed by atoms with Gasteiger partial charge >= 0.3 is 0 Å². The molecule has 3 nitrogen and oxygen atoms in total. The summed E-state index contributed by atoms with van der Waals surface area (Å²) in [6, 6.07) is 70.4. The van der Waals surface area contributed by atoms with Gasteiger partial charge in [0, 0.05) is 16.5 Å². The highest BCUT2D eigenvalue weighted by Crippen LogP contribution is 2.64. The molecule has 9 aromatic carbocycles. The normalized spacial score (nSPS) is 13.3. The van der Waals surface area contributed by atoms with Crippen molar-refractivity contribution >= 4 is 43.6 Å². The van der Waals surface area contributed by atoms with E-state index in [9.17, 15) is 0 Å². The van der Waals surface area contributed by atoms with Crippen molar-refractivity contribution in [2.24, 2.45) is 0 Å². The zero-order valence-electron chi connectivity index (χ0n) is 31.3. The number of rotatable bonds is 3. The third-order valence-corrected chi connectivity index (χ3v) is 12.7. The summed E-state index contributed by atoms with van der Waals surface area (Å²) in [4.78, 5) is 10.7. The Labute approximate surface area is 334 Å². The third kappa shape index (κ3) is 4.28. The highest BCUT2D eigenvalue weighted by molar-refractivity contribution is 6.08. The van der Waals surface area contributed by atoms with Crippen LogP contribution in [-0.2, 0) is 5.41 Å². The predicted octanol–water partition coefficient (Wildman–Crippen LogP) is 14.0. The minimum atomic E-state index is -0.538. The highest BCUT2D eigenvalue weighted by Gasteiger charge is 2.52. The maximum Gasteiger partial charge on any atom is 0.180 e. The summed E-state index contributed by atoms with van der Waals surface area (Å²) in [5, 5.41) is 5.95. The van der Waals surface area contributed by atoms with Crippen molar-refractivity contribution in [1.82, 2.24) is 9.97 Å². The molecule has 58 heavy (non-hydrogen) atoms. The van der Waals surface area contributed by atoms with E-state index in [2.05, 4.69) is 170 Å². The smallest absolute Gasteiger partial charge is 0.180 e. The summed E-state index contributed by atoms with van der Waals surface area (Å²) in [7, 11) is 0. The summed E-state index contributed by atoms with van der Waals surface area (Å²) in [5.41, 5.74) is 17.1. The molecule has 0 radical (unpaired) electrons.